The summed E-state index contributed by atoms with van der Waals surface area (Å²) in [4.78, 5) is 23.0. The molecular formula is C12H15ClN2O5. The highest BCUT2D eigenvalue weighted by Gasteiger charge is 2.24. The van der Waals surface area contributed by atoms with Crippen molar-refractivity contribution in [1.29, 1.82) is 0 Å². The van der Waals surface area contributed by atoms with Crippen LogP contribution in [0.3, 0.4) is 0 Å². The molecule has 0 aromatic heterocycles. The van der Waals surface area contributed by atoms with Crippen molar-refractivity contribution in [3.8, 4) is 0 Å². The van der Waals surface area contributed by atoms with E-state index >= 15 is 0 Å². The summed E-state index contributed by atoms with van der Waals surface area (Å²) in [6.45, 7) is 2.19. The van der Waals surface area contributed by atoms with Crippen molar-refractivity contribution in [1.82, 2.24) is 0 Å². The van der Waals surface area contributed by atoms with Gasteiger partial charge < -0.3 is 14.7 Å². The van der Waals surface area contributed by atoms with Crippen LogP contribution >= 0.6 is 11.6 Å². The zero-order chi connectivity index (χ0) is 15.4. The van der Waals surface area contributed by atoms with Crippen molar-refractivity contribution < 1.29 is 19.6 Å². The lowest BCUT2D eigenvalue weighted by atomic mass is 10.1. The van der Waals surface area contributed by atoms with Gasteiger partial charge in [-0.1, -0.05) is 11.6 Å². The van der Waals surface area contributed by atoms with Crippen molar-refractivity contribution >= 4 is 28.9 Å². The molecule has 0 amide bonds. The monoisotopic (exact) mass is 302 g/mol. The second kappa shape index (κ2) is 6.53. The van der Waals surface area contributed by atoms with E-state index in [1.165, 1.54) is 7.11 Å². The first-order chi connectivity index (χ1) is 9.29. The number of nitro groups is 1. The summed E-state index contributed by atoms with van der Waals surface area (Å²) >= 11 is 6.01. The summed E-state index contributed by atoms with van der Waals surface area (Å²) in [6, 6.07) is 2.00. The zero-order valence-electron chi connectivity index (χ0n) is 11.3. The van der Waals surface area contributed by atoms with Gasteiger partial charge in [0, 0.05) is 32.3 Å². The molecule has 1 N–H and O–H groups in total. The molecule has 0 aliphatic rings. The molecule has 0 bridgehead atoms. The van der Waals surface area contributed by atoms with Crippen LogP contribution < -0.4 is 4.90 Å². The van der Waals surface area contributed by atoms with Crippen molar-refractivity contribution in [2.24, 2.45) is 0 Å². The number of carboxylic acid groups (broad SMARTS) is 1. The lowest BCUT2D eigenvalue weighted by Gasteiger charge is -2.28. The molecule has 7 nitrogen and oxygen atoms in total. The van der Waals surface area contributed by atoms with Gasteiger partial charge in [0.15, 0.2) is 0 Å². The molecule has 0 saturated heterocycles. The maximum atomic E-state index is 11.3. The van der Waals surface area contributed by atoms with Gasteiger partial charge in [-0.2, -0.15) is 0 Å². The number of halogens is 1. The first-order valence-corrected chi connectivity index (χ1v) is 6.10. The number of benzene rings is 1. The summed E-state index contributed by atoms with van der Waals surface area (Å²) in [5, 5.41) is 20.0. The molecule has 0 aliphatic carbocycles. The normalized spacial score (nSPS) is 12.0. The molecule has 0 fully saturated rings. The molecule has 0 spiro atoms. The van der Waals surface area contributed by atoms with Gasteiger partial charge in [-0.3, -0.25) is 10.1 Å². The standard InChI is InChI=1S/C12H15ClN2O5/c1-7(6-20-3)14(2)11-9(12(16)17)4-8(15(18)19)5-10(11)13/h4-5,7H,6H2,1-3H3,(H,16,17). The second-order valence-electron chi connectivity index (χ2n) is 4.30. The predicted molar refractivity (Wildman–Crippen MR) is 74.8 cm³/mol. The number of methoxy groups -OCH3 is 1. The first kappa shape index (κ1) is 16.2. The SMILES string of the molecule is COCC(C)N(C)c1c(Cl)cc([N+](=O)[O-])cc1C(=O)O. The molecular weight excluding hydrogens is 288 g/mol. The Kier molecular flexibility index (Phi) is 5.29. The summed E-state index contributed by atoms with van der Waals surface area (Å²) in [5.74, 6) is -1.28. The van der Waals surface area contributed by atoms with Gasteiger partial charge in [0.25, 0.3) is 5.69 Å². The Morgan fingerprint density at radius 1 is 1.60 bits per heavy atom. The molecule has 1 atom stereocenters. The van der Waals surface area contributed by atoms with Crippen molar-refractivity contribution in [2.75, 3.05) is 25.7 Å². The number of nitro benzene ring substituents is 1. The molecule has 0 radical (unpaired) electrons. The Morgan fingerprint density at radius 3 is 2.65 bits per heavy atom. The van der Waals surface area contributed by atoms with Crippen LogP contribution in [0.1, 0.15) is 17.3 Å². The highest BCUT2D eigenvalue weighted by molar-refractivity contribution is 6.34. The number of likely N-dealkylation sites (N-methyl/N-ethyl adjacent to an activating group) is 1. The van der Waals surface area contributed by atoms with Gasteiger partial charge in [-0.15, -0.1) is 0 Å². The fraction of sp³-hybridized carbons (Fsp3) is 0.417. The minimum Gasteiger partial charge on any atom is -0.478 e. The molecule has 1 rings (SSSR count). The van der Waals surface area contributed by atoms with Gasteiger partial charge in [0.2, 0.25) is 0 Å². The number of hydrogen-bond acceptors (Lipinski definition) is 5. The Bertz CT molecular complexity index is 535. The average molecular weight is 303 g/mol. The number of rotatable bonds is 6. The maximum Gasteiger partial charge on any atom is 0.338 e. The van der Waals surface area contributed by atoms with E-state index in [9.17, 15) is 20.0 Å². The van der Waals surface area contributed by atoms with Crippen LogP contribution in [0.2, 0.25) is 5.02 Å². The molecule has 20 heavy (non-hydrogen) atoms. The molecule has 1 aromatic carbocycles. The highest BCUT2D eigenvalue weighted by Crippen LogP contribution is 2.34. The number of anilines is 1. The lowest BCUT2D eigenvalue weighted by molar-refractivity contribution is -0.384. The average Bonchev–Trinajstić information content (AvgIpc) is 2.36. The number of carbonyl (C=O) groups is 1. The predicted octanol–water partition coefficient (Wildman–Crippen LogP) is 2.42. The minimum atomic E-state index is -1.28. The fourth-order valence-electron chi connectivity index (χ4n) is 1.79. The van der Waals surface area contributed by atoms with Gasteiger partial charge in [-0.25, -0.2) is 4.79 Å². The maximum absolute atomic E-state index is 11.3. The Hall–Kier alpha value is -1.86. The van der Waals surface area contributed by atoms with E-state index in [2.05, 4.69) is 0 Å². The topological polar surface area (TPSA) is 92.9 Å². The molecule has 0 saturated carbocycles. The largest absolute Gasteiger partial charge is 0.478 e. The van der Waals surface area contributed by atoms with Gasteiger partial charge in [-0.05, 0) is 6.92 Å². The van der Waals surface area contributed by atoms with Crippen molar-refractivity contribution in [3.63, 3.8) is 0 Å². The minimum absolute atomic E-state index is 0.0158. The summed E-state index contributed by atoms with van der Waals surface area (Å²) < 4.78 is 5.01. The second-order valence-corrected chi connectivity index (χ2v) is 4.71. The lowest BCUT2D eigenvalue weighted by Crippen LogP contribution is -2.34. The van der Waals surface area contributed by atoms with E-state index in [-0.39, 0.29) is 28.0 Å². The number of hydrogen-bond donors (Lipinski definition) is 1. The summed E-state index contributed by atoms with van der Waals surface area (Å²) in [5.41, 5.74) is -0.340. The zero-order valence-corrected chi connectivity index (χ0v) is 12.0. The molecule has 0 aliphatic heterocycles. The Labute approximate surface area is 120 Å². The summed E-state index contributed by atoms with van der Waals surface area (Å²) in [7, 11) is 3.18. The molecule has 1 aromatic rings. The van der Waals surface area contributed by atoms with Crippen LogP contribution in [0.5, 0.6) is 0 Å². The van der Waals surface area contributed by atoms with E-state index in [1.54, 1.807) is 11.9 Å². The van der Waals surface area contributed by atoms with Crippen LogP contribution in [-0.4, -0.2) is 42.8 Å². The van der Waals surface area contributed by atoms with Crippen molar-refractivity contribution in [2.45, 2.75) is 13.0 Å². The molecule has 1 unspecified atom stereocenters. The van der Waals surface area contributed by atoms with E-state index in [0.29, 0.717) is 6.61 Å². The van der Waals surface area contributed by atoms with Crippen LogP contribution in [0.25, 0.3) is 0 Å². The number of ether oxygens (including phenoxy) is 1. The van der Waals surface area contributed by atoms with Crippen LogP contribution in [0, 0.1) is 10.1 Å². The highest BCUT2D eigenvalue weighted by atomic mass is 35.5. The van der Waals surface area contributed by atoms with Gasteiger partial charge in [0.05, 0.1) is 27.8 Å². The van der Waals surface area contributed by atoms with Crippen LogP contribution in [0.15, 0.2) is 12.1 Å². The number of carboxylic acids is 1. The number of non-ortho nitro benzene ring substituents is 1. The Balaban J connectivity index is 3.38. The first-order valence-electron chi connectivity index (χ1n) is 5.72. The quantitative estimate of drug-likeness (QED) is 0.640. The van der Waals surface area contributed by atoms with Gasteiger partial charge in [0.1, 0.15) is 0 Å². The van der Waals surface area contributed by atoms with Crippen LogP contribution in [0.4, 0.5) is 11.4 Å². The van der Waals surface area contributed by atoms with Crippen LogP contribution in [-0.2, 0) is 4.74 Å². The van der Waals surface area contributed by atoms with E-state index in [1.807, 2.05) is 6.92 Å². The van der Waals surface area contributed by atoms with E-state index < -0.39 is 10.9 Å². The third-order valence-electron chi connectivity index (χ3n) is 2.91. The Morgan fingerprint density at radius 2 is 2.20 bits per heavy atom. The van der Waals surface area contributed by atoms with E-state index in [4.69, 9.17) is 16.3 Å². The van der Waals surface area contributed by atoms with E-state index in [0.717, 1.165) is 12.1 Å². The number of nitrogens with zero attached hydrogens (tertiary/aromatic N) is 2. The molecule has 0 heterocycles. The number of aromatic carboxylic acids is 1. The van der Waals surface area contributed by atoms with Gasteiger partial charge >= 0.3 is 5.97 Å². The third kappa shape index (κ3) is 3.37. The smallest absolute Gasteiger partial charge is 0.338 e. The fourth-order valence-corrected chi connectivity index (χ4v) is 2.13. The van der Waals surface area contributed by atoms with Crippen molar-refractivity contribution in [3.05, 3.63) is 32.8 Å². The summed E-state index contributed by atoms with van der Waals surface area (Å²) in [6.07, 6.45) is 0. The third-order valence-corrected chi connectivity index (χ3v) is 3.20. The molecule has 110 valence electrons. The molecule has 8 heteroatoms.